The fraction of sp³-hybridized carbons (Fsp3) is 0.500. The Labute approximate surface area is 112 Å². The van der Waals surface area contributed by atoms with Crippen molar-refractivity contribution in [1.82, 2.24) is 0 Å². The lowest BCUT2D eigenvalue weighted by Gasteiger charge is -2.27. The van der Waals surface area contributed by atoms with E-state index in [1.54, 1.807) is 6.07 Å². The number of nitrogens with one attached hydrogen (secondary N) is 1. The molecule has 0 bridgehead atoms. The molecule has 0 saturated heterocycles. The number of rotatable bonds is 3. The summed E-state index contributed by atoms with van der Waals surface area (Å²) < 4.78 is 18.3. The van der Waals surface area contributed by atoms with Crippen LogP contribution in [0.15, 0.2) is 18.2 Å². The molecule has 1 saturated carbocycles. The number of halogens is 1. The van der Waals surface area contributed by atoms with E-state index < -0.39 is 5.82 Å². The number of nitrogens with two attached hydrogens (primary N) is 1. The zero-order valence-corrected chi connectivity index (χ0v) is 11.0. The van der Waals surface area contributed by atoms with Gasteiger partial charge in [0, 0.05) is 17.8 Å². The third kappa shape index (κ3) is 3.23. The number of carbonyl (C=O) groups excluding carboxylic acids is 1. The summed E-state index contributed by atoms with van der Waals surface area (Å²) in [5.41, 5.74) is 6.39. The van der Waals surface area contributed by atoms with Crippen molar-refractivity contribution >= 4 is 11.6 Å². The van der Waals surface area contributed by atoms with Gasteiger partial charge < -0.3 is 15.8 Å². The van der Waals surface area contributed by atoms with E-state index in [1.807, 2.05) is 0 Å². The predicted molar refractivity (Wildman–Crippen MR) is 71.5 cm³/mol. The second kappa shape index (κ2) is 6.02. The molecule has 5 heteroatoms. The molecule has 104 valence electrons. The first kappa shape index (κ1) is 13.8. The van der Waals surface area contributed by atoms with Gasteiger partial charge in [-0.3, -0.25) is 4.79 Å². The lowest BCUT2D eigenvalue weighted by Crippen LogP contribution is -2.40. The molecule has 4 nitrogen and oxygen atoms in total. The molecule has 1 amide bonds. The molecule has 2 rings (SSSR count). The second-order valence-corrected chi connectivity index (χ2v) is 4.89. The van der Waals surface area contributed by atoms with Crippen LogP contribution >= 0.6 is 0 Å². The molecule has 0 heterocycles. The molecule has 1 aromatic carbocycles. The lowest BCUT2D eigenvalue weighted by molar-refractivity contribution is -0.121. The molecule has 1 aromatic rings. The number of ether oxygens (including phenoxy) is 1. The predicted octanol–water partition coefficient (Wildman–Crippen LogP) is 2.29. The van der Waals surface area contributed by atoms with Gasteiger partial charge in [0.2, 0.25) is 5.91 Å². The number of hydrogen-bond acceptors (Lipinski definition) is 3. The van der Waals surface area contributed by atoms with E-state index in [0.717, 1.165) is 25.7 Å². The molecule has 2 atom stereocenters. The molecule has 19 heavy (non-hydrogen) atoms. The average molecular weight is 266 g/mol. The maximum Gasteiger partial charge on any atom is 0.229 e. The summed E-state index contributed by atoms with van der Waals surface area (Å²) in [6.45, 7) is 0. The Hall–Kier alpha value is -1.62. The largest absolute Gasteiger partial charge is 0.494 e. The lowest BCUT2D eigenvalue weighted by atomic mass is 9.84. The van der Waals surface area contributed by atoms with Crippen molar-refractivity contribution in [3.63, 3.8) is 0 Å². The number of carbonyl (C=O) groups is 1. The Bertz CT molecular complexity index is 465. The first-order chi connectivity index (χ1) is 9.11. The molecule has 1 aliphatic carbocycles. The van der Waals surface area contributed by atoms with E-state index in [-0.39, 0.29) is 23.6 Å². The molecule has 1 fully saturated rings. The van der Waals surface area contributed by atoms with Crippen LogP contribution in [0, 0.1) is 11.7 Å². The summed E-state index contributed by atoms with van der Waals surface area (Å²) in [6, 6.07) is 4.27. The van der Waals surface area contributed by atoms with Gasteiger partial charge >= 0.3 is 0 Å². The molecule has 2 unspecified atom stereocenters. The minimum Gasteiger partial charge on any atom is -0.494 e. The van der Waals surface area contributed by atoms with Gasteiger partial charge in [-0.15, -0.1) is 0 Å². The topological polar surface area (TPSA) is 64.3 Å². The molecule has 1 aliphatic rings. The van der Waals surface area contributed by atoms with Crippen molar-refractivity contribution in [3.8, 4) is 5.75 Å². The summed E-state index contributed by atoms with van der Waals surface area (Å²) in [5, 5.41) is 2.72. The van der Waals surface area contributed by atoms with Crippen LogP contribution in [-0.2, 0) is 4.79 Å². The van der Waals surface area contributed by atoms with Gasteiger partial charge in [0.05, 0.1) is 13.0 Å². The summed E-state index contributed by atoms with van der Waals surface area (Å²) in [6.07, 6.45) is 3.76. The van der Waals surface area contributed by atoms with E-state index in [4.69, 9.17) is 10.5 Å². The summed E-state index contributed by atoms with van der Waals surface area (Å²) in [4.78, 5) is 12.1. The molecule has 0 radical (unpaired) electrons. The fourth-order valence-electron chi connectivity index (χ4n) is 2.46. The molecule has 0 aliphatic heterocycles. The van der Waals surface area contributed by atoms with Crippen molar-refractivity contribution in [2.75, 3.05) is 12.4 Å². The van der Waals surface area contributed by atoms with Crippen molar-refractivity contribution in [1.29, 1.82) is 0 Å². The number of anilines is 1. The zero-order valence-electron chi connectivity index (χ0n) is 11.0. The quantitative estimate of drug-likeness (QED) is 0.882. The maximum absolute atomic E-state index is 13.5. The van der Waals surface area contributed by atoms with Crippen LogP contribution in [0.5, 0.6) is 5.75 Å². The number of methoxy groups -OCH3 is 1. The van der Waals surface area contributed by atoms with Crippen LogP contribution in [0.4, 0.5) is 10.1 Å². The van der Waals surface area contributed by atoms with E-state index in [2.05, 4.69) is 5.32 Å². The standard InChI is InChI=1S/C14H19FN2O2/c1-19-13-7-6-9(8-11(13)15)17-14(18)10-4-2-3-5-12(10)16/h6-8,10,12H,2-5,16H2,1H3,(H,17,18). The second-order valence-electron chi connectivity index (χ2n) is 4.89. The highest BCUT2D eigenvalue weighted by Crippen LogP contribution is 2.25. The summed E-state index contributed by atoms with van der Waals surface area (Å²) in [7, 11) is 1.40. The Morgan fingerprint density at radius 2 is 2.16 bits per heavy atom. The monoisotopic (exact) mass is 266 g/mol. The van der Waals surface area contributed by atoms with Crippen molar-refractivity contribution in [2.24, 2.45) is 11.7 Å². The van der Waals surface area contributed by atoms with Crippen LogP contribution in [0.25, 0.3) is 0 Å². The van der Waals surface area contributed by atoms with Gasteiger partial charge in [-0.1, -0.05) is 12.8 Å². The zero-order chi connectivity index (χ0) is 13.8. The Kier molecular flexibility index (Phi) is 4.37. The van der Waals surface area contributed by atoms with Gasteiger partial charge in [0.1, 0.15) is 0 Å². The highest BCUT2D eigenvalue weighted by atomic mass is 19.1. The first-order valence-electron chi connectivity index (χ1n) is 6.52. The Balaban J connectivity index is 2.04. The Morgan fingerprint density at radius 1 is 1.42 bits per heavy atom. The molecular formula is C14H19FN2O2. The van der Waals surface area contributed by atoms with Gasteiger partial charge in [0.25, 0.3) is 0 Å². The van der Waals surface area contributed by atoms with Crippen LogP contribution in [0.2, 0.25) is 0 Å². The third-order valence-electron chi connectivity index (χ3n) is 3.58. The van der Waals surface area contributed by atoms with Crippen LogP contribution < -0.4 is 15.8 Å². The average Bonchev–Trinajstić information content (AvgIpc) is 2.39. The highest BCUT2D eigenvalue weighted by molar-refractivity contribution is 5.93. The fourth-order valence-corrected chi connectivity index (χ4v) is 2.46. The summed E-state index contributed by atoms with van der Waals surface area (Å²) >= 11 is 0. The highest BCUT2D eigenvalue weighted by Gasteiger charge is 2.28. The minimum atomic E-state index is -0.492. The minimum absolute atomic E-state index is 0.100. The van der Waals surface area contributed by atoms with E-state index in [1.165, 1.54) is 19.2 Å². The van der Waals surface area contributed by atoms with Gasteiger partial charge in [-0.25, -0.2) is 4.39 Å². The van der Waals surface area contributed by atoms with Crippen LogP contribution in [-0.4, -0.2) is 19.1 Å². The van der Waals surface area contributed by atoms with Crippen molar-refractivity contribution < 1.29 is 13.9 Å². The van der Waals surface area contributed by atoms with Crippen molar-refractivity contribution in [2.45, 2.75) is 31.7 Å². The SMILES string of the molecule is COc1ccc(NC(=O)C2CCCCC2N)cc1F. The molecule has 0 spiro atoms. The number of hydrogen-bond donors (Lipinski definition) is 2. The first-order valence-corrected chi connectivity index (χ1v) is 6.52. The van der Waals surface area contributed by atoms with Crippen LogP contribution in [0.3, 0.4) is 0 Å². The van der Waals surface area contributed by atoms with Gasteiger partial charge in [-0.05, 0) is 25.0 Å². The van der Waals surface area contributed by atoms with Gasteiger partial charge in [-0.2, -0.15) is 0 Å². The molecular weight excluding hydrogens is 247 g/mol. The summed E-state index contributed by atoms with van der Waals surface area (Å²) in [5.74, 6) is -0.642. The smallest absolute Gasteiger partial charge is 0.229 e. The third-order valence-corrected chi connectivity index (χ3v) is 3.58. The van der Waals surface area contributed by atoms with Crippen molar-refractivity contribution in [3.05, 3.63) is 24.0 Å². The number of amides is 1. The van der Waals surface area contributed by atoms with E-state index in [9.17, 15) is 9.18 Å². The van der Waals surface area contributed by atoms with E-state index in [0.29, 0.717) is 5.69 Å². The maximum atomic E-state index is 13.5. The normalized spacial score (nSPS) is 22.9. The van der Waals surface area contributed by atoms with Crippen LogP contribution in [0.1, 0.15) is 25.7 Å². The van der Waals surface area contributed by atoms with Gasteiger partial charge in [0.15, 0.2) is 11.6 Å². The van der Waals surface area contributed by atoms with E-state index >= 15 is 0 Å². The molecule has 0 aromatic heterocycles. The Morgan fingerprint density at radius 3 is 2.79 bits per heavy atom. The molecule has 3 N–H and O–H groups in total. The number of benzene rings is 1.